The Hall–Kier alpha value is -2.57. The first-order valence-corrected chi connectivity index (χ1v) is 7.27. The van der Waals surface area contributed by atoms with E-state index in [2.05, 4.69) is 20.2 Å². The van der Waals surface area contributed by atoms with Crippen molar-refractivity contribution in [1.29, 1.82) is 0 Å². The first-order valence-electron chi connectivity index (χ1n) is 7.27. The Bertz CT molecular complexity index is 677. The Morgan fingerprint density at radius 1 is 1.36 bits per heavy atom. The van der Waals surface area contributed by atoms with Crippen molar-refractivity contribution in [2.24, 2.45) is 0 Å². The van der Waals surface area contributed by atoms with Crippen LogP contribution in [0.1, 0.15) is 34.6 Å². The lowest BCUT2D eigenvalue weighted by molar-refractivity contribution is 0.0690. The average molecular weight is 302 g/mol. The summed E-state index contributed by atoms with van der Waals surface area (Å²) in [7, 11) is 0. The van der Waals surface area contributed by atoms with Gasteiger partial charge in [0.15, 0.2) is 5.69 Å². The highest BCUT2D eigenvalue weighted by Crippen LogP contribution is 2.20. The molecule has 0 aliphatic carbocycles. The van der Waals surface area contributed by atoms with E-state index < -0.39 is 5.97 Å². The van der Waals surface area contributed by atoms with Crippen molar-refractivity contribution in [2.75, 3.05) is 23.3 Å². The van der Waals surface area contributed by atoms with E-state index in [0.29, 0.717) is 6.54 Å². The number of aryl methyl sites for hydroxylation is 1. The molecule has 0 atom stereocenters. The summed E-state index contributed by atoms with van der Waals surface area (Å²) in [5.74, 6) is -0.110. The number of anilines is 2. The number of carbonyl (C=O) groups is 1. The first kappa shape index (κ1) is 14.4. The molecule has 116 valence electrons. The number of pyridine rings is 1. The van der Waals surface area contributed by atoms with Gasteiger partial charge in [-0.05, 0) is 37.5 Å². The molecule has 22 heavy (non-hydrogen) atoms. The van der Waals surface area contributed by atoms with Crippen molar-refractivity contribution >= 4 is 17.8 Å². The molecule has 3 rings (SSSR count). The molecule has 7 nitrogen and oxygen atoms in total. The number of hydrogen-bond donors (Lipinski definition) is 2. The zero-order chi connectivity index (χ0) is 15.5. The summed E-state index contributed by atoms with van der Waals surface area (Å²) in [5, 5.41) is 11.8. The number of aromatic carboxylic acids is 1. The third-order valence-electron chi connectivity index (χ3n) is 3.60. The van der Waals surface area contributed by atoms with Gasteiger partial charge < -0.3 is 19.7 Å². The molecule has 0 unspecified atom stereocenters. The van der Waals surface area contributed by atoms with Gasteiger partial charge in [-0.15, -0.1) is 0 Å². The van der Waals surface area contributed by atoms with E-state index in [1.54, 1.807) is 0 Å². The Labute approximate surface area is 128 Å². The smallest absolute Gasteiger partial charge is 0.357 e. The molecule has 2 aromatic heterocycles. The van der Waals surface area contributed by atoms with Crippen molar-refractivity contribution in [3.8, 4) is 0 Å². The lowest BCUT2D eigenvalue weighted by Crippen LogP contribution is -2.19. The second-order valence-electron chi connectivity index (χ2n) is 5.37. The van der Waals surface area contributed by atoms with E-state index in [9.17, 15) is 4.79 Å². The molecule has 0 amide bonds. The predicted octanol–water partition coefficient (Wildman–Crippen LogP) is 2.29. The Morgan fingerprint density at radius 3 is 2.82 bits per heavy atom. The highest BCUT2D eigenvalue weighted by molar-refractivity contribution is 5.85. The number of aromatic nitrogens is 2. The standard InChI is InChI=1S/C15H18N4O3/c1-10-6-11(7-13(17-10)19-4-2-3-5-19)8-16-15-18-12(9-22-15)14(20)21/h6-7,9H,2-5,8H2,1H3,(H,16,18)(H,20,21). The van der Waals surface area contributed by atoms with Gasteiger partial charge in [-0.3, -0.25) is 0 Å². The van der Waals surface area contributed by atoms with E-state index in [4.69, 9.17) is 9.52 Å². The van der Waals surface area contributed by atoms with Gasteiger partial charge in [0.1, 0.15) is 12.1 Å². The molecule has 1 aliphatic heterocycles. The number of rotatable bonds is 5. The number of carboxylic acids is 1. The van der Waals surface area contributed by atoms with Crippen molar-refractivity contribution in [3.05, 3.63) is 35.3 Å². The van der Waals surface area contributed by atoms with Crippen molar-refractivity contribution in [2.45, 2.75) is 26.3 Å². The van der Waals surface area contributed by atoms with E-state index in [0.717, 1.165) is 36.4 Å². The molecular formula is C15H18N4O3. The second-order valence-corrected chi connectivity index (χ2v) is 5.37. The quantitative estimate of drug-likeness (QED) is 0.875. The third-order valence-corrected chi connectivity index (χ3v) is 3.60. The van der Waals surface area contributed by atoms with Crippen LogP contribution in [0.2, 0.25) is 0 Å². The van der Waals surface area contributed by atoms with Gasteiger partial charge in [-0.25, -0.2) is 9.78 Å². The second kappa shape index (κ2) is 6.05. The predicted molar refractivity (Wildman–Crippen MR) is 81.2 cm³/mol. The maximum absolute atomic E-state index is 10.8. The zero-order valence-corrected chi connectivity index (χ0v) is 12.4. The lowest BCUT2D eigenvalue weighted by atomic mass is 10.2. The van der Waals surface area contributed by atoms with Gasteiger partial charge in [-0.2, -0.15) is 4.98 Å². The van der Waals surface area contributed by atoms with Crippen LogP contribution in [0.15, 0.2) is 22.8 Å². The number of hydrogen-bond acceptors (Lipinski definition) is 6. The monoisotopic (exact) mass is 302 g/mol. The van der Waals surface area contributed by atoms with Gasteiger partial charge in [0.05, 0.1) is 0 Å². The molecule has 1 fully saturated rings. The van der Waals surface area contributed by atoms with Crippen LogP contribution in [0, 0.1) is 6.92 Å². The molecule has 1 saturated heterocycles. The minimum Gasteiger partial charge on any atom is -0.476 e. The van der Waals surface area contributed by atoms with Gasteiger partial charge in [0.2, 0.25) is 0 Å². The fraction of sp³-hybridized carbons (Fsp3) is 0.400. The summed E-state index contributed by atoms with van der Waals surface area (Å²) >= 11 is 0. The molecule has 0 aromatic carbocycles. The van der Waals surface area contributed by atoms with Gasteiger partial charge in [0.25, 0.3) is 6.01 Å². The fourth-order valence-corrected chi connectivity index (χ4v) is 2.56. The minimum atomic E-state index is -1.10. The largest absolute Gasteiger partial charge is 0.476 e. The van der Waals surface area contributed by atoms with Crippen LogP contribution < -0.4 is 10.2 Å². The highest BCUT2D eigenvalue weighted by atomic mass is 16.4. The first-order chi connectivity index (χ1) is 10.6. The van der Waals surface area contributed by atoms with E-state index in [1.165, 1.54) is 12.8 Å². The van der Waals surface area contributed by atoms with Gasteiger partial charge in [-0.1, -0.05) is 0 Å². The SMILES string of the molecule is Cc1cc(CNc2nc(C(=O)O)co2)cc(N2CCCC2)n1. The Balaban J connectivity index is 1.70. The van der Waals surface area contributed by atoms with E-state index >= 15 is 0 Å². The summed E-state index contributed by atoms with van der Waals surface area (Å²) in [4.78, 5) is 21.5. The molecule has 2 aromatic rings. The Kier molecular flexibility index (Phi) is 3.95. The number of oxazole rings is 1. The number of nitrogens with zero attached hydrogens (tertiary/aromatic N) is 3. The lowest BCUT2D eigenvalue weighted by Gasteiger charge is -2.18. The fourth-order valence-electron chi connectivity index (χ4n) is 2.56. The topological polar surface area (TPSA) is 91.5 Å². The van der Waals surface area contributed by atoms with Crippen LogP contribution in [0.4, 0.5) is 11.8 Å². The molecule has 3 heterocycles. The molecule has 0 saturated carbocycles. The van der Waals surface area contributed by atoms with Gasteiger partial charge >= 0.3 is 5.97 Å². The van der Waals surface area contributed by atoms with Crippen LogP contribution in [0.5, 0.6) is 0 Å². The van der Waals surface area contributed by atoms with E-state index in [-0.39, 0.29) is 11.7 Å². The molecule has 1 aliphatic rings. The van der Waals surface area contributed by atoms with Crippen LogP contribution in [0.3, 0.4) is 0 Å². The number of nitrogens with one attached hydrogen (secondary N) is 1. The van der Waals surface area contributed by atoms with Crippen LogP contribution >= 0.6 is 0 Å². The van der Waals surface area contributed by atoms with Crippen molar-refractivity contribution in [3.63, 3.8) is 0 Å². The summed E-state index contributed by atoms with van der Waals surface area (Å²) in [6.07, 6.45) is 3.53. The summed E-state index contributed by atoms with van der Waals surface area (Å²) in [6.45, 7) is 4.57. The average Bonchev–Trinajstić information content (AvgIpc) is 3.16. The number of carboxylic acid groups (broad SMARTS) is 1. The minimum absolute atomic E-state index is 0.105. The Morgan fingerprint density at radius 2 is 2.14 bits per heavy atom. The third kappa shape index (κ3) is 3.19. The molecule has 0 bridgehead atoms. The maximum atomic E-state index is 10.8. The summed E-state index contributed by atoms with van der Waals surface area (Å²) in [5.41, 5.74) is 1.91. The summed E-state index contributed by atoms with van der Waals surface area (Å²) < 4.78 is 5.08. The van der Waals surface area contributed by atoms with Gasteiger partial charge in [0, 0.05) is 25.3 Å². The highest BCUT2D eigenvalue weighted by Gasteiger charge is 2.15. The van der Waals surface area contributed by atoms with Crippen LogP contribution in [-0.2, 0) is 6.54 Å². The van der Waals surface area contributed by atoms with Crippen molar-refractivity contribution in [1.82, 2.24) is 9.97 Å². The molecule has 0 spiro atoms. The van der Waals surface area contributed by atoms with Crippen LogP contribution in [0.25, 0.3) is 0 Å². The molecule has 0 radical (unpaired) electrons. The molecule has 7 heteroatoms. The van der Waals surface area contributed by atoms with E-state index in [1.807, 2.05) is 19.1 Å². The van der Waals surface area contributed by atoms with Crippen molar-refractivity contribution < 1.29 is 14.3 Å². The maximum Gasteiger partial charge on any atom is 0.357 e. The zero-order valence-electron chi connectivity index (χ0n) is 12.4. The molecule has 2 N–H and O–H groups in total. The molecular weight excluding hydrogens is 284 g/mol. The normalized spacial score (nSPS) is 14.3. The summed E-state index contributed by atoms with van der Waals surface area (Å²) in [6, 6.07) is 4.24. The van der Waals surface area contributed by atoms with Crippen LogP contribution in [-0.4, -0.2) is 34.1 Å².